The van der Waals surface area contributed by atoms with Gasteiger partial charge in [0.25, 0.3) is 0 Å². The van der Waals surface area contributed by atoms with Gasteiger partial charge in [0.05, 0.1) is 0 Å². The highest BCUT2D eigenvalue weighted by molar-refractivity contribution is 5.76. The van der Waals surface area contributed by atoms with E-state index in [9.17, 15) is 4.79 Å². The molecule has 0 saturated carbocycles. The Morgan fingerprint density at radius 1 is 1.15 bits per heavy atom. The van der Waals surface area contributed by atoms with Crippen LogP contribution in [0.1, 0.15) is 45.4 Å². The average Bonchev–Trinajstić information content (AvgIpc) is 2.71. The second-order valence-corrected chi connectivity index (χ2v) is 6.31. The first-order chi connectivity index (χ1) is 9.79. The normalized spacial score (nSPS) is 25.4. The van der Waals surface area contributed by atoms with Gasteiger partial charge in [0, 0.05) is 39.1 Å². The van der Waals surface area contributed by atoms with Gasteiger partial charge >= 0.3 is 0 Å². The number of carbonyl (C=O) groups is 1. The van der Waals surface area contributed by atoms with Crippen molar-refractivity contribution in [2.75, 3.05) is 45.8 Å². The number of piperazine rings is 1. The van der Waals surface area contributed by atoms with Crippen molar-refractivity contribution in [3.8, 4) is 0 Å². The van der Waals surface area contributed by atoms with Crippen molar-refractivity contribution in [2.45, 2.75) is 45.4 Å². The van der Waals surface area contributed by atoms with Crippen molar-refractivity contribution in [1.82, 2.24) is 15.1 Å². The molecule has 2 fully saturated rings. The lowest BCUT2D eigenvalue weighted by atomic mass is 9.96. The standard InChI is InChI=1S/C16H31N3O/c1-2-4-15-5-3-10-18(11-6-15)12-7-16(20)19-13-8-17-9-14-19/h15,17H,2-14H2,1H3. The van der Waals surface area contributed by atoms with E-state index in [1.807, 2.05) is 4.90 Å². The minimum absolute atomic E-state index is 0.348. The molecule has 0 aliphatic carbocycles. The molecule has 2 heterocycles. The number of hydrogen-bond donors (Lipinski definition) is 1. The summed E-state index contributed by atoms with van der Waals surface area (Å²) in [5, 5.41) is 3.30. The zero-order valence-corrected chi connectivity index (χ0v) is 13.1. The van der Waals surface area contributed by atoms with E-state index in [4.69, 9.17) is 0 Å². The predicted molar refractivity (Wildman–Crippen MR) is 82.8 cm³/mol. The molecule has 0 radical (unpaired) electrons. The second kappa shape index (κ2) is 8.63. The highest BCUT2D eigenvalue weighted by Gasteiger charge is 2.19. The summed E-state index contributed by atoms with van der Waals surface area (Å²) in [6, 6.07) is 0. The summed E-state index contributed by atoms with van der Waals surface area (Å²) < 4.78 is 0. The molecule has 20 heavy (non-hydrogen) atoms. The van der Waals surface area contributed by atoms with Crippen LogP contribution in [-0.2, 0) is 4.79 Å². The van der Waals surface area contributed by atoms with Gasteiger partial charge in [0.15, 0.2) is 0 Å². The summed E-state index contributed by atoms with van der Waals surface area (Å²) in [5.74, 6) is 1.27. The minimum Gasteiger partial charge on any atom is -0.340 e. The van der Waals surface area contributed by atoms with Crippen molar-refractivity contribution < 1.29 is 4.79 Å². The summed E-state index contributed by atoms with van der Waals surface area (Å²) in [6.07, 6.45) is 7.43. The van der Waals surface area contributed by atoms with E-state index in [1.54, 1.807) is 0 Å². The van der Waals surface area contributed by atoms with Gasteiger partial charge in [-0.3, -0.25) is 4.79 Å². The van der Waals surface area contributed by atoms with Gasteiger partial charge in [-0.15, -0.1) is 0 Å². The molecule has 2 rings (SSSR count). The lowest BCUT2D eigenvalue weighted by molar-refractivity contribution is -0.132. The molecule has 0 aromatic rings. The SMILES string of the molecule is CCCC1CCCN(CCC(=O)N2CCNCC2)CC1. The summed E-state index contributed by atoms with van der Waals surface area (Å²) in [5.41, 5.74) is 0. The zero-order chi connectivity index (χ0) is 14.2. The minimum atomic E-state index is 0.348. The van der Waals surface area contributed by atoms with Gasteiger partial charge in [-0.2, -0.15) is 0 Å². The van der Waals surface area contributed by atoms with Crippen LogP contribution in [0.3, 0.4) is 0 Å². The average molecular weight is 281 g/mol. The van der Waals surface area contributed by atoms with Crippen LogP contribution in [-0.4, -0.2) is 61.5 Å². The monoisotopic (exact) mass is 281 g/mol. The van der Waals surface area contributed by atoms with Gasteiger partial charge in [0.2, 0.25) is 5.91 Å². The first kappa shape index (κ1) is 15.8. The fourth-order valence-corrected chi connectivity index (χ4v) is 3.47. The number of nitrogens with zero attached hydrogens (tertiary/aromatic N) is 2. The van der Waals surface area contributed by atoms with E-state index in [-0.39, 0.29) is 0 Å². The number of amides is 1. The topological polar surface area (TPSA) is 35.6 Å². The van der Waals surface area contributed by atoms with Crippen LogP contribution in [0, 0.1) is 5.92 Å². The molecule has 0 bridgehead atoms. The smallest absolute Gasteiger partial charge is 0.223 e. The molecule has 1 N–H and O–H groups in total. The summed E-state index contributed by atoms with van der Waals surface area (Å²) in [7, 11) is 0. The number of hydrogen-bond acceptors (Lipinski definition) is 3. The number of carbonyl (C=O) groups excluding carboxylic acids is 1. The molecule has 1 amide bonds. The van der Waals surface area contributed by atoms with Crippen molar-refractivity contribution in [3.05, 3.63) is 0 Å². The van der Waals surface area contributed by atoms with E-state index < -0.39 is 0 Å². The third-order valence-electron chi connectivity index (χ3n) is 4.75. The maximum atomic E-state index is 12.2. The third kappa shape index (κ3) is 5.06. The maximum Gasteiger partial charge on any atom is 0.223 e. The molecule has 2 aliphatic heterocycles. The second-order valence-electron chi connectivity index (χ2n) is 6.31. The molecule has 0 aromatic heterocycles. The lowest BCUT2D eigenvalue weighted by Crippen LogP contribution is -2.47. The van der Waals surface area contributed by atoms with Crippen LogP contribution in [0.2, 0.25) is 0 Å². The molecule has 0 aromatic carbocycles. The Labute approximate surface area is 123 Å². The van der Waals surface area contributed by atoms with Crippen molar-refractivity contribution in [1.29, 1.82) is 0 Å². The van der Waals surface area contributed by atoms with E-state index >= 15 is 0 Å². The fourth-order valence-electron chi connectivity index (χ4n) is 3.47. The van der Waals surface area contributed by atoms with Crippen molar-refractivity contribution in [3.63, 3.8) is 0 Å². The Balaban J connectivity index is 1.66. The van der Waals surface area contributed by atoms with Crippen LogP contribution in [0.4, 0.5) is 0 Å². The first-order valence-electron chi connectivity index (χ1n) is 8.50. The molecular formula is C16H31N3O. The van der Waals surface area contributed by atoms with E-state index in [0.29, 0.717) is 12.3 Å². The quantitative estimate of drug-likeness (QED) is 0.833. The molecule has 4 nitrogen and oxygen atoms in total. The van der Waals surface area contributed by atoms with Gasteiger partial charge in [-0.1, -0.05) is 19.8 Å². The molecular weight excluding hydrogens is 250 g/mol. The summed E-state index contributed by atoms with van der Waals surface area (Å²) in [4.78, 5) is 16.7. The molecule has 116 valence electrons. The van der Waals surface area contributed by atoms with E-state index in [2.05, 4.69) is 17.1 Å². The largest absolute Gasteiger partial charge is 0.340 e. The van der Waals surface area contributed by atoms with Gasteiger partial charge in [-0.25, -0.2) is 0 Å². The fraction of sp³-hybridized carbons (Fsp3) is 0.938. The maximum absolute atomic E-state index is 12.2. The van der Waals surface area contributed by atoms with Crippen LogP contribution < -0.4 is 5.32 Å². The van der Waals surface area contributed by atoms with Gasteiger partial charge < -0.3 is 15.1 Å². The van der Waals surface area contributed by atoms with Crippen molar-refractivity contribution >= 4 is 5.91 Å². The Bertz CT molecular complexity index is 289. The third-order valence-corrected chi connectivity index (χ3v) is 4.75. The summed E-state index contributed by atoms with van der Waals surface area (Å²) in [6.45, 7) is 9.31. The number of rotatable bonds is 5. The Morgan fingerprint density at radius 3 is 2.70 bits per heavy atom. The van der Waals surface area contributed by atoms with E-state index in [0.717, 1.165) is 38.6 Å². The van der Waals surface area contributed by atoms with Crippen LogP contribution in [0.5, 0.6) is 0 Å². The van der Waals surface area contributed by atoms with Crippen LogP contribution in [0.25, 0.3) is 0 Å². The Morgan fingerprint density at radius 2 is 1.95 bits per heavy atom. The predicted octanol–water partition coefficient (Wildman–Crippen LogP) is 1.71. The van der Waals surface area contributed by atoms with Gasteiger partial charge in [0.1, 0.15) is 0 Å². The van der Waals surface area contributed by atoms with Crippen LogP contribution >= 0.6 is 0 Å². The number of likely N-dealkylation sites (tertiary alicyclic amines) is 1. The van der Waals surface area contributed by atoms with Crippen molar-refractivity contribution in [2.24, 2.45) is 5.92 Å². The lowest BCUT2D eigenvalue weighted by Gasteiger charge is -2.28. The molecule has 2 saturated heterocycles. The highest BCUT2D eigenvalue weighted by atomic mass is 16.2. The molecule has 0 spiro atoms. The van der Waals surface area contributed by atoms with Gasteiger partial charge in [-0.05, 0) is 38.3 Å². The Kier molecular flexibility index (Phi) is 6.80. The zero-order valence-electron chi connectivity index (χ0n) is 13.1. The molecule has 1 unspecified atom stereocenters. The Hall–Kier alpha value is -0.610. The molecule has 1 atom stereocenters. The van der Waals surface area contributed by atoms with E-state index in [1.165, 1.54) is 45.2 Å². The number of nitrogens with one attached hydrogen (secondary N) is 1. The molecule has 4 heteroatoms. The first-order valence-corrected chi connectivity index (χ1v) is 8.50. The highest BCUT2D eigenvalue weighted by Crippen LogP contribution is 2.21. The van der Waals surface area contributed by atoms with Crippen LogP contribution in [0.15, 0.2) is 0 Å². The summed E-state index contributed by atoms with van der Waals surface area (Å²) >= 11 is 0. The molecule has 2 aliphatic rings.